The number of hydrogen-bond donors (Lipinski definition) is 2. The number of hydrogen-bond acceptors (Lipinski definition) is 5. The summed E-state index contributed by atoms with van der Waals surface area (Å²) in [6, 6.07) is 5.39. The molecule has 0 unspecified atom stereocenters. The summed E-state index contributed by atoms with van der Waals surface area (Å²) in [6.45, 7) is 1.44. The summed E-state index contributed by atoms with van der Waals surface area (Å²) in [5.74, 6) is 1.75. The van der Waals surface area contributed by atoms with Crippen LogP contribution >= 0.6 is 35.3 Å². The van der Waals surface area contributed by atoms with Crippen LogP contribution in [-0.2, 0) is 25.8 Å². The molecule has 154 valence electrons. The molecule has 0 atom stereocenters. The molecule has 1 aliphatic carbocycles. The Morgan fingerprint density at radius 2 is 2.14 bits per heavy atom. The number of aromatic nitrogens is 1. The maximum absolute atomic E-state index is 10.1. The summed E-state index contributed by atoms with van der Waals surface area (Å²) in [4.78, 5) is 12.7. The van der Waals surface area contributed by atoms with Gasteiger partial charge >= 0.3 is 0 Å². The molecule has 1 aliphatic rings. The Morgan fingerprint density at radius 3 is 2.82 bits per heavy atom. The molecule has 1 heterocycles. The first kappa shape index (κ1) is 22.7. The molecular formula is C20H29IN4O2S. The molecule has 0 radical (unpaired) electrons. The van der Waals surface area contributed by atoms with Gasteiger partial charge in [0.05, 0.1) is 19.3 Å². The Labute approximate surface area is 188 Å². The average molecular weight is 516 g/mol. The topological polar surface area (TPSA) is 70.0 Å². The van der Waals surface area contributed by atoms with Crippen LogP contribution in [0.25, 0.3) is 0 Å². The minimum Gasteiger partial charge on any atom is -0.508 e. The van der Waals surface area contributed by atoms with E-state index in [4.69, 9.17) is 9.72 Å². The zero-order valence-corrected chi connectivity index (χ0v) is 19.8. The molecule has 1 aromatic carbocycles. The van der Waals surface area contributed by atoms with Gasteiger partial charge in [-0.15, -0.1) is 35.3 Å². The Hall–Kier alpha value is -1.55. The molecule has 0 fully saturated rings. The molecule has 0 saturated carbocycles. The van der Waals surface area contributed by atoms with E-state index in [1.807, 2.05) is 30.5 Å². The van der Waals surface area contributed by atoms with E-state index in [2.05, 4.69) is 15.2 Å². The second kappa shape index (κ2) is 10.8. The number of phenolic OH excluding ortho intramolecular Hbond substituents is 1. The Kier molecular flexibility index (Phi) is 8.81. The van der Waals surface area contributed by atoms with Crippen LogP contribution in [0.2, 0.25) is 0 Å². The smallest absolute Gasteiger partial charge is 0.193 e. The molecule has 8 heteroatoms. The Balaban J connectivity index is 0.00000280. The maximum atomic E-state index is 10.1. The molecule has 1 aromatic heterocycles. The standard InChI is InChI=1S/C20H28N4O2S.HI/c1-21-20(22-11-10-14-8-9-15(26-3)12-17(14)25)24(2)13-19-23-16-6-4-5-7-18(16)27-19;/h8-9,12,25H,4-7,10-11,13H2,1-3H3,(H,21,22);1H. The number of halogens is 1. The van der Waals surface area contributed by atoms with Crippen LogP contribution in [0.4, 0.5) is 0 Å². The first-order chi connectivity index (χ1) is 13.1. The molecule has 0 bridgehead atoms. The van der Waals surface area contributed by atoms with Gasteiger partial charge in [0.15, 0.2) is 5.96 Å². The van der Waals surface area contributed by atoms with Gasteiger partial charge in [-0.3, -0.25) is 4.99 Å². The number of phenols is 1. The lowest BCUT2D eigenvalue weighted by Crippen LogP contribution is -2.39. The third-order valence-corrected chi connectivity index (χ3v) is 5.95. The fraction of sp³-hybridized carbons (Fsp3) is 0.500. The van der Waals surface area contributed by atoms with Crippen LogP contribution in [0.5, 0.6) is 11.5 Å². The molecule has 2 aromatic rings. The summed E-state index contributed by atoms with van der Waals surface area (Å²) in [7, 11) is 5.41. The van der Waals surface area contributed by atoms with Gasteiger partial charge in [-0.25, -0.2) is 4.98 Å². The number of guanidine groups is 1. The van der Waals surface area contributed by atoms with Crippen molar-refractivity contribution in [2.45, 2.75) is 38.6 Å². The van der Waals surface area contributed by atoms with Crippen molar-refractivity contribution in [1.29, 1.82) is 0 Å². The monoisotopic (exact) mass is 516 g/mol. The molecule has 28 heavy (non-hydrogen) atoms. The number of aromatic hydroxyl groups is 1. The van der Waals surface area contributed by atoms with Crippen molar-refractivity contribution in [2.75, 3.05) is 27.7 Å². The zero-order valence-electron chi connectivity index (χ0n) is 16.7. The number of aryl methyl sites for hydroxylation is 2. The van der Waals surface area contributed by atoms with E-state index in [-0.39, 0.29) is 29.7 Å². The minimum atomic E-state index is 0. The number of nitrogens with zero attached hydrogens (tertiary/aromatic N) is 3. The van der Waals surface area contributed by atoms with E-state index in [9.17, 15) is 5.11 Å². The second-order valence-electron chi connectivity index (χ2n) is 6.76. The highest BCUT2D eigenvalue weighted by molar-refractivity contribution is 14.0. The van der Waals surface area contributed by atoms with Crippen molar-refractivity contribution in [1.82, 2.24) is 15.2 Å². The third kappa shape index (κ3) is 5.73. The lowest BCUT2D eigenvalue weighted by atomic mass is 10.0. The number of thiazole rings is 1. The van der Waals surface area contributed by atoms with Gasteiger partial charge in [0.2, 0.25) is 0 Å². The molecular weight excluding hydrogens is 487 g/mol. The predicted octanol–water partition coefficient (Wildman–Crippen LogP) is 3.60. The van der Waals surface area contributed by atoms with Crippen LogP contribution < -0.4 is 10.1 Å². The van der Waals surface area contributed by atoms with Crippen molar-refractivity contribution in [3.63, 3.8) is 0 Å². The van der Waals surface area contributed by atoms with Gasteiger partial charge < -0.3 is 20.1 Å². The van der Waals surface area contributed by atoms with Crippen LogP contribution in [-0.4, -0.2) is 48.7 Å². The highest BCUT2D eigenvalue weighted by Gasteiger charge is 2.17. The first-order valence-corrected chi connectivity index (χ1v) is 10.2. The van der Waals surface area contributed by atoms with Crippen LogP contribution in [0.15, 0.2) is 23.2 Å². The fourth-order valence-electron chi connectivity index (χ4n) is 3.33. The van der Waals surface area contributed by atoms with E-state index in [1.54, 1.807) is 20.2 Å². The van der Waals surface area contributed by atoms with Crippen molar-refractivity contribution in [3.8, 4) is 11.5 Å². The number of rotatable bonds is 6. The molecule has 0 aliphatic heterocycles. The largest absolute Gasteiger partial charge is 0.508 e. The molecule has 3 rings (SSSR count). The fourth-order valence-corrected chi connectivity index (χ4v) is 4.54. The van der Waals surface area contributed by atoms with Gasteiger partial charge in [0, 0.05) is 31.6 Å². The average Bonchev–Trinajstić information content (AvgIpc) is 3.08. The van der Waals surface area contributed by atoms with Gasteiger partial charge in [-0.05, 0) is 43.7 Å². The number of ether oxygens (including phenoxy) is 1. The van der Waals surface area contributed by atoms with Crippen molar-refractivity contribution >= 4 is 41.3 Å². The molecule has 0 saturated heterocycles. The highest BCUT2D eigenvalue weighted by atomic mass is 127. The quantitative estimate of drug-likeness (QED) is 0.349. The predicted molar refractivity (Wildman–Crippen MR) is 125 cm³/mol. The second-order valence-corrected chi connectivity index (χ2v) is 7.93. The van der Waals surface area contributed by atoms with Crippen molar-refractivity contribution in [2.24, 2.45) is 4.99 Å². The number of aliphatic imine (C=N–C) groups is 1. The number of nitrogens with one attached hydrogen (secondary N) is 1. The van der Waals surface area contributed by atoms with E-state index in [1.165, 1.54) is 29.8 Å². The molecule has 6 nitrogen and oxygen atoms in total. The van der Waals surface area contributed by atoms with E-state index < -0.39 is 0 Å². The molecule has 0 spiro atoms. The van der Waals surface area contributed by atoms with Crippen LogP contribution in [0, 0.1) is 0 Å². The Bertz CT molecular complexity index is 786. The number of benzene rings is 1. The summed E-state index contributed by atoms with van der Waals surface area (Å²) in [5, 5.41) is 14.6. The van der Waals surface area contributed by atoms with E-state index in [0.717, 1.165) is 29.5 Å². The summed E-state index contributed by atoms with van der Waals surface area (Å²) in [6.07, 6.45) is 5.54. The van der Waals surface area contributed by atoms with Crippen LogP contribution in [0.3, 0.4) is 0 Å². The summed E-state index contributed by atoms with van der Waals surface area (Å²) >= 11 is 1.84. The number of methoxy groups -OCH3 is 1. The van der Waals surface area contributed by atoms with Gasteiger partial charge in [0.1, 0.15) is 16.5 Å². The first-order valence-electron chi connectivity index (χ1n) is 9.36. The third-order valence-electron chi connectivity index (χ3n) is 4.81. The number of fused-ring (bicyclic) bond motifs is 1. The summed E-state index contributed by atoms with van der Waals surface area (Å²) in [5.41, 5.74) is 2.18. The SMILES string of the molecule is CN=C(NCCc1ccc(OC)cc1O)N(C)Cc1nc2c(s1)CCCC2.I. The minimum absolute atomic E-state index is 0. The van der Waals surface area contributed by atoms with Crippen molar-refractivity contribution < 1.29 is 9.84 Å². The summed E-state index contributed by atoms with van der Waals surface area (Å²) < 4.78 is 5.12. The van der Waals surface area contributed by atoms with E-state index in [0.29, 0.717) is 18.7 Å². The lowest BCUT2D eigenvalue weighted by molar-refractivity contribution is 0.406. The zero-order chi connectivity index (χ0) is 19.2. The Morgan fingerprint density at radius 1 is 1.36 bits per heavy atom. The molecule has 2 N–H and O–H groups in total. The highest BCUT2D eigenvalue weighted by Crippen LogP contribution is 2.27. The maximum Gasteiger partial charge on any atom is 0.193 e. The normalized spacial score (nSPS) is 13.5. The van der Waals surface area contributed by atoms with Gasteiger partial charge in [-0.2, -0.15) is 0 Å². The van der Waals surface area contributed by atoms with Gasteiger partial charge in [-0.1, -0.05) is 6.07 Å². The van der Waals surface area contributed by atoms with Crippen molar-refractivity contribution in [3.05, 3.63) is 39.3 Å². The van der Waals surface area contributed by atoms with E-state index >= 15 is 0 Å². The molecule has 0 amide bonds. The van der Waals surface area contributed by atoms with Crippen LogP contribution in [0.1, 0.15) is 34.0 Å². The van der Waals surface area contributed by atoms with Gasteiger partial charge in [0.25, 0.3) is 0 Å². The lowest BCUT2D eigenvalue weighted by Gasteiger charge is -2.21.